The molecule has 1 amide bonds. The molecular weight excluding hydrogens is 234 g/mol. The van der Waals surface area contributed by atoms with Crippen LogP contribution in [0, 0.1) is 5.41 Å². The lowest BCUT2D eigenvalue weighted by Gasteiger charge is -2.32. The van der Waals surface area contributed by atoms with Gasteiger partial charge in [0.15, 0.2) is 11.9 Å². The second kappa shape index (κ2) is 4.33. The summed E-state index contributed by atoms with van der Waals surface area (Å²) in [5, 5.41) is -0.769. The fourth-order valence-electron chi connectivity index (χ4n) is 1.40. The third-order valence-electron chi connectivity index (χ3n) is 2.13. The number of methoxy groups -OCH3 is 1. The maximum absolute atomic E-state index is 11.4. The summed E-state index contributed by atoms with van der Waals surface area (Å²) in [6, 6.07) is 0. The van der Waals surface area contributed by atoms with Crippen molar-refractivity contribution in [1.82, 2.24) is 4.90 Å². The van der Waals surface area contributed by atoms with Crippen molar-refractivity contribution in [2.75, 3.05) is 7.11 Å². The molecule has 0 saturated heterocycles. The highest BCUT2D eigenvalue weighted by Gasteiger charge is 2.43. The maximum Gasteiger partial charge on any atom is 0.358 e. The first-order valence-corrected chi connectivity index (χ1v) is 5.09. The fourth-order valence-corrected chi connectivity index (χ4v) is 1.58. The lowest BCUT2D eigenvalue weighted by Crippen LogP contribution is -2.43. The van der Waals surface area contributed by atoms with Crippen LogP contribution in [-0.2, 0) is 14.3 Å². The predicted molar refractivity (Wildman–Crippen MR) is 57.5 cm³/mol. The van der Waals surface area contributed by atoms with Crippen LogP contribution in [0.3, 0.4) is 0 Å². The Morgan fingerprint density at radius 1 is 1.50 bits per heavy atom. The molecule has 0 aromatic carbocycles. The molecule has 0 fully saturated rings. The van der Waals surface area contributed by atoms with E-state index in [0.29, 0.717) is 0 Å². The summed E-state index contributed by atoms with van der Waals surface area (Å²) in [6.45, 7) is 5.62. The molecule has 5 nitrogen and oxygen atoms in total. The Balaban J connectivity index is 3.00. The van der Waals surface area contributed by atoms with E-state index >= 15 is 0 Å². The van der Waals surface area contributed by atoms with Gasteiger partial charge in [-0.2, -0.15) is 0 Å². The van der Waals surface area contributed by atoms with E-state index in [9.17, 15) is 9.59 Å². The van der Waals surface area contributed by atoms with Gasteiger partial charge in [-0.3, -0.25) is 9.69 Å². The highest BCUT2D eigenvalue weighted by Crippen LogP contribution is 2.34. The van der Waals surface area contributed by atoms with Gasteiger partial charge in [0.05, 0.1) is 7.11 Å². The van der Waals surface area contributed by atoms with Crippen molar-refractivity contribution in [3.8, 4) is 0 Å². The molecule has 6 heteroatoms. The maximum atomic E-state index is 11.4. The van der Waals surface area contributed by atoms with Gasteiger partial charge in [-0.05, 0) is 11.6 Å². The molecule has 0 aromatic rings. The van der Waals surface area contributed by atoms with Crippen molar-refractivity contribution in [2.45, 2.75) is 27.0 Å². The first-order valence-electron chi connectivity index (χ1n) is 4.71. The average Bonchev–Trinajstić information content (AvgIpc) is 2.59. The van der Waals surface area contributed by atoms with Gasteiger partial charge in [-0.1, -0.05) is 20.8 Å². The van der Waals surface area contributed by atoms with Crippen molar-refractivity contribution >= 4 is 22.9 Å². The number of rotatable bonds is 1. The molecule has 0 radical (unpaired) electrons. The number of esters is 1. The van der Waals surface area contributed by atoms with E-state index in [1.165, 1.54) is 13.4 Å². The zero-order chi connectivity index (χ0) is 12.5. The first-order chi connectivity index (χ1) is 7.29. The number of halogens is 1. The summed E-state index contributed by atoms with van der Waals surface area (Å²) in [4.78, 5) is 23.8. The van der Waals surface area contributed by atoms with E-state index in [2.05, 4.69) is 4.74 Å². The van der Waals surface area contributed by atoms with E-state index < -0.39 is 17.6 Å². The van der Waals surface area contributed by atoms with Crippen LogP contribution in [0.25, 0.3) is 0 Å². The van der Waals surface area contributed by atoms with Gasteiger partial charge in [0, 0.05) is 5.41 Å². The molecule has 16 heavy (non-hydrogen) atoms. The van der Waals surface area contributed by atoms with Gasteiger partial charge in [0.25, 0.3) is 0 Å². The topological polar surface area (TPSA) is 55.8 Å². The fraction of sp³-hybridized carbons (Fsp3) is 0.600. The minimum Gasteiger partial charge on any atom is -0.475 e. The van der Waals surface area contributed by atoms with E-state index in [1.54, 1.807) is 0 Å². The number of hydrogen-bond donors (Lipinski definition) is 0. The third kappa shape index (κ3) is 2.29. The summed E-state index contributed by atoms with van der Waals surface area (Å²) < 4.78 is 9.82. The lowest BCUT2D eigenvalue weighted by atomic mass is 9.93. The molecule has 0 bridgehead atoms. The van der Waals surface area contributed by atoms with Gasteiger partial charge >= 0.3 is 11.3 Å². The Morgan fingerprint density at radius 3 is 2.44 bits per heavy atom. The van der Waals surface area contributed by atoms with Gasteiger partial charge < -0.3 is 9.47 Å². The molecule has 0 spiro atoms. The summed E-state index contributed by atoms with van der Waals surface area (Å²) in [5.41, 5.74) is -0.348. The Hall–Kier alpha value is -1.23. The molecule has 1 aliphatic heterocycles. The second-order valence-electron chi connectivity index (χ2n) is 4.47. The average molecular weight is 248 g/mol. The molecule has 90 valence electrons. The monoisotopic (exact) mass is 247 g/mol. The minimum absolute atomic E-state index is 0.0161. The van der Waals surface area contributed by atoms with E-state index in [1.807, 2.05) is 20.8 Å². The predicted octanol–water partition coefficient (Wildman–Crippen LogP) is 2.06. The smallest absolute Gasteiger partial charge is 0.358 e. The molecule has 0 aromatic heterocycles. The summed E-state index contributed by atoms with van der Waals surface area (Å²) in [6.07, 6.45) is 0.591. The van der Waals surface area contributed by atoms with Crippen LogP contribution in [0.2, 0.25) is 0 Å². The summed E-state index contributed by atoms with van der Waals surface area (Å²) in [5.74, 6) is -0.652. The molecule has 0 unspecified atom stereocenters. The summed E-state index contributed by atoms with van der Waals surface area (Å²) >= 11 is 5.44. The molecular formula is C10H14ClNO4. The Kier molecular flexibility index (Phi) is 3.48. The third-order valence-corrected chi connectivity index (χ3v) is 2.31. The van der Waals surface area contributed by atoms with Crippen molar-refractivity contribution < 1.29 is 19.1 Å². The minimum atomic E-state index is -0.769. The molecule has 0 saturated carbocycles. The van der Waals surface area contributed by atoms with E-state index in [0.717, 1.165) is 4.90 Å². The van der Waals surface area contributed by atoms with Crippen LogP contribution < -0.4 is 0 Å². The standard InChI is InChI=1S/C10H14ClNO4/c1-10(2,3)8-12(9(11)14)6(5-16-8)7(13)15-4/h5,8H,1-4H3/t8-/m0/s1. The van der Waals surface area contributed by atoms with Crippen LogP contribution in [0.5, 0.6) is 0 Å². The van der Waals surface area contributed by atoms with E-state index in [4.69, 9.17) is 16.3 Å². The zero-order valence-electron chi connectivity index (χ0n) is 9.61. The van der Waals surface area contributed by atoms with Crippen molar-refractivity contribution in [3.05, 3.63) is 12.0 Å². The van der Waals surface area contributed by atoms with Crippen LogP contribution in [-0.4, -0.2) is 29.6 Å². The van der Waals surface area contributed by atoms with Crippen LogP contribution in [0.15, 0.2) is 12.0 Å². The number of carbonyl (C=O) groups excluding carboxylic acids is 2. The van der Waals surface area contributed by atoms with Crippen LogP contribution in [0.1, 0.15) is 20.8 Å². The summed E-state index contributed by atoms with van der Waals surface area (Å²) in [7, 11) is 1.23. The molecule has 1 atom stereocenters. The van der Waals surface area contributed by atoms with Gasteiger partial charge in [-0.25, -0.2) is 4.79 Å². The Bertz CT molecular complexity index is 345. The largest absolute Gasteiger partial charge is 0.475 e. The van der Waals surface area contributed by atoms with Crippen molar-refractivity contribution in [2.24, 2.45) is 5.41 Å². The van der Waals surface area contributed by atoms with Gasteiger partial charge in [0.1, 0.15) is 6.26 Å². The second-order valence-corrected chi connectivity index (χ2v) is 4.80. The Labute approximate surface area is 98.9 Å². The van der Waals surface area contributed by atoms with Gasteiger partial charge in [-0.15, -0.1) is 0 Å². The SMILES string of the molecule is COC(=O)C1=CO[C@@H](C(C)(C)C)N1C(=O)Cl. The normalized spacial score (nSPS) is 20.2. The number of carbonyl (C=O) groups is 2. The van der Waals surface area contributed by atoms with Gasteiger partial charge in [0.2, 0.25) is 0 Å². The van der Waals surface area contributed by atoms with Crippen molar-refractivity contribution in [1.29, 1.82) is 0 Å². The molecule has 1 aliphatic rings. The highest BCUT2D eigenvalue weighted by molar-refractivity contribution is 6.63. The lowest BCUT2D eigenvalue weighted by molar-refractivity contribution is -0.138. The quantitative estimate of drug-likeness (QED) is 0.404. The Morgan fingerprint density at radius 2 is 2.06 bits per heavy atom. The number of hydrogen-bond acceptors (Lipinski definition) is 4. The zero-order valence-corrected chi connectivity index (χ0v) is 10.4. The molecule has 1 rings (SSSR count). The number of nitrogens with zero attached hydrogens (tertiary/aromatic N) is 1. The molecule has 0 aliphatic carbocycles. The van der Waals surface area contributed by atoms with Crippen LogP contribution >= 0.6 is 11.6 Å². The van der Waals surface area contributed by atoms with Crippen LogP contribution in [0.4, 0.5) is 4.79 Å². The molecule has 1 heterocycles. The number of ether oxygens (including phenoxy) is 2. The van der Waals surface area contributed by atoms with Crippen molar-refractivity contribution in [3.63, 3.8) is 0 Å². The first kappa shape index (κ1) is 12.8. The number of amides is 1. The highest BCUT2D eigenvalue weighted by atomic mass is 35.5. The molecule has 0 N–H and O–H groups in total. The van der Waals surface area contributed by atoms with E-state index in [-0.39, 0.29) is 11.1 Å².